The van der Waals surface area contributed by atoms with Gasteiger partial charge < -0.3 is 14.0 Å². The zero-order chi connectivity index (χ0) is 17.6. The zero-order valence-electron chi connectivity index (χ0n) is 14.2. The van der Waals surface area contributed by atoms with Crippen LogP contribution in [-0.4, -0.2) is 29.7 Å². The molecule has 0 aromatic carbocycles. The molecule has 23 heavy (non-hydrogen) atoms. The second kappa shape index (κ2) is 8.18. The lowest BCUT2D eigenvalue weighted by Gasteiger charge is -2.10. The molecule has 0 radical (unpaired) electrons. The number of ether oxygens (including phenoxy) is 2. The van der Waals surface area contributed by atoms with E-state index in [0.29, 0.717) is 0 Å². The third-order valence-electron chi connectivity index (χ3n) is 3.52. The summed E-state index contributed by atoms with van der Waals surface area (Å²) >= 11 is 0. The van der Waals surface area contributed by atoms with Crippen molar-refractivity contribution < 1.29 is 19.1 Å². The SMILES string of the molecule is CCCn1c(C)cc(/C=C(\C#N)C(=O)O[C@H](C)C(=O)OC)c1C. The Hall–Kier alpha value is -2.55. The first kappa shape index (κ1) is 18.5. The number of carbonyl (C=O) groups excluding carboxylic acids is 2. The van der Waals surface area contributed by atoms with Gasteiger partial charge in [-0.25, -0.2) is 9.59 Å². The normalized spacial score (nSPS) is 12.4. The summed E-state index contributed by atoms with van der Waals surface area (Å²) in [5.74, 6) is -1.51. The van der Waals surface area contributed by atoms with Crippen LogP contribution in [-0.2, 0) is 25.6 Å². The largest absolute Gasteiger partial charge is 0.466 e. The Morgan fingerprint density at radius 3 is 2.61 bits per heavy atom. The van der Waals surface area contributed by atoms with Gasteiger partial charge in [-0.05, 0) is 44.9 Å². The molecule has 0 aliphatic heterocycles. The number of nitrogens with zero attached hydrogens (tertiary/aromatic N) is 2. The average molecular weight is 318 g/mol. The van der Waals surface area contributed by atoms with E-state index in [1.54, 1.807) is 0 Å². The summed E-state index contributed by atoms with van der Waals surface area (Å²) in [4.78, 5) is 23.3. The van der Waals surface area contributed by atoms with E-state index < -0.39 is 18.0 Å². The number of aromatic nitrogens is 1. The molecule has 0 saturated carbocycles. The van der Waals surface area contributed by atoms with Crippen LogP contribution in [0.3, 0.4) is 0 Å². The quantitative estimate of drug-likeness (QED) is 0.457. The maximum Gasteiger partial charge on any atom is 0.349 e. The molecule has 0 unspecified atom stereocenters. The summed E-state index contributed by atoms with van der Waals surface area (Å²) < 4.78 is 11.6. The lowest BCUT2D eigenvalue weighted by Crippen LogP contribution is -2.25. The molecule has 0 amide bonds. The van der Waals surface area contributed by atoms with Crippen molar-refractivity contribution in [2.75, 3.05) is 7.11 Å². The monoisotopic (exact) mass is 318 g/mol. The minimum Gasteiger partial charge on any atom is -0.466 e. The number of hydrogen-bond acceptors (Lipinski definition) is 5. The Morgan fingerprint density at radius 2 is 2.09 bits per heavy atom. The summed E-state index contributed by atoms with van der Waals surface area (Å²) in [5, 5.41) is 9.19. The topological polar surface area (TPSA) is 81.3 Å². The van der Waals surface area contributed by atoms with E-state index in [-0.39, 0.29) is 5.57 Å². The Kier molecular flexibility index (Phi) is 6.58. The minimum absolute atomic E-state index is 0.155. The Morgan fingerprint density at radius 1 is 1.43 bits per heavy atom. The number of rotatable bonds is 6. The van der Waals surface area contributed by atoms with E-state index in [4.69, 9.17) is 4.74 Å². The van der Waals surface area contributed by atoms with Crippen molar-refractivity contribution in [2.24, 2.45) is 0 Å². The van der Waals surface area contributed by atoms with Gasteiger partial charge in [0.05, 0.1) is 7.11 Å². The van der Waals surface area contributed by atoms with Crippen molar-refractivity contribution >= 4 is 18.0 Å². The Bertz CT molecular complexity index is 665. The van der Waals surface area contributed by atoms with Gasteiger partial charge in [-0.3, -0.25) is 0 Å². The highest BCUT2D eigenvalue weighted by molar-refractivity contribution is 5.99. The zero-order valence-corrected chi connectivity index (χ0v) is 14.2. The molecular formula is C17H22N2O4. The van der Waals surface area contributed by atoms with Gasteiger partial charge in [-0.15, -0.1) is 0 Å². The molecule has 1 aromatic rings. The molecule has 0 fully saturated rings. The number of hydrogen-bond donors (Lipinski definition) is 0. The van der Waals surface area contributed by atoms with Gasteiger partial charge in [-0.2, -0.15) is 5.26 Å². The van der Waals surface area contributed by atoms with Gasteiger partial charge in [0.25, 0.3) is 0 Å². The summed E-state index contributed by atoms with van der Waals surface area (Å²) in [7, 11) is 1.20. The van der Waals surface area contributed by atoms with Gasteiger partial charge in [0, 0.05) is 17.9 Å². The van der Waals surface area contributed by atoms with Crippen molar-refractivity contribution in [3.8, 4) is 6.07 Å². The maximum absolute atomic E-state index is 12.0. The van der Waals surface area contributed by atoms with Crippen LogP contribution in [0.4, 0.5) is 0 Å². The molecule has 1 atom stereocenters. The van der Waals surface area contributed by atoms with E-state index in [1.807, 2.05) is 26.0 Å². The summed E-state index contributed by atoms with van der Waals surface area (Å²) in [6, 6.07) is 3.74. The van der Waals surface area contributed by atoms with Crippen LogP contribution in [0.1, 0.15) is 37.2 Å². The molecule has 0 aliphatic carbocycles. The van der Waals surface area contributed by atoms with Gasteiger partial charge >= 0.3 is 11.9 Å². The van der Waals surface area contributed by atoms with Crippen LogP contribution in [0.5, 0.6) is 0 Å². The predicted octanol–water partition coefficient (Wildman–Crippen LogP) is 2.53. The molecule has 0 bridgehead atoms. The van der Waals surface area contributed by atoms with Gasteiger partial charge in [0.15, 0.2) is 6.10 Å². The van der Waals surface area contributed by atoms with E-state index in [0.717, 1.165) is 29.9 Å². The molecule has 0 spiro atoms. The Labute approximate surface area is 136 Å². The van der Waals surface area contributed by atoms with E-state index >= 15 is 0 Å². The van der Waals surface area contributed by atoms with Crippen molar-refractivity contribution in [1.29, 1.82) is 5.26 Å². The molecule has 0 aliphatic rings. The Balaban J connectivity index is 3.04. The third kappa shape index (κ3) is 4.46. The van der Waals surface area contributed by atoms with Crippen molar-refractivity contribution in [1.82, 2.24) is 4.57 Å². The van der Waals surface area contributed by atoms with Crippen LogP contribution >= 0.6 is 0 Å². The van der Waals surface area contributed by atoms with Crippen molar-refractivity contribution in [3.05, 3.63) is 28.6 Å². The first-order valence-corrected chi connectivity index (χ1v) is 7.43. The lowest BCUT2D eigenvalue weighted by molar-refractivity contribution is -0.161. The van der Waals surface area contributed by atoms with E-state index in [9.17, 15) is 14.9 Å². The fraction of sp³-hybridized carbons (Fsp3) is 0.471. The van der Waals surface area contributed by atoms with Crippen LogP contribution in [0.15, 0.2) is 11.6 Å². The van der Waals surface area contributed by atoms with E-state index in [1.165, 1.54) is 20.1 Å². The van der Waals surface area contributed by atoms with Gasteiger partial charge in [0.2, 0.25) is 0 Å². The second-order valence-corrected chi connectivity index (χ2v) is 5.22. The van der Waals surface area contributed by atoms with Crippen LogP contribution < -0.4 is 0 Å². The molecule has 1 aromatic heterocycles. The van der Waals surface area contributed by atoms with Crippen molar-refractivity contribution in [3.63, 3.8) is 0 Å². The fourth-order valence-electron chi connectivity index (χ4n) is 2.27. The molecular weight excluding hydrogens is 296 g/mol. The third-order valence-corrected chi connectivity index (χ3v) is 3.52. The van der Waals surface area contributed by atoms with Crippen LogP contribution in [0, 0.1) is 25.2 Å². The highest BCUT2D eigenvalue weighted by Gasteiger charge is 2.21. The molecule has 6 heteroatoms. The number of carbonyl (C=O) groups is 2. The highest BCUT2D eigenvalue weighted by atomic mass is 16.6. The molecule has 0 N–H and O–H groups in total. The average Bonchev–Trinajstić information content (AvgIpc) is 2.79. The maximum atomic E-state index is 12.0. The van der Waals surface area contributed by atoms with Gasteiger partial charge in [-0.1, -0.05) is 6.92 Å². The van der Waals surface area contributed by atoms with Crippen molar-refractivity contribution in [2.45, 2.75) is 46.8 Å². The summed E-state index contributed by atoms with van der Waals surface area (Å²) in [6.45, 7) is 8.26. The highest BCUT2D eigenvalue weighted by Crippen LogP contribution is 2.19. The summed E-state index contributed by atoms with van der Waals surface area (Å²) in [6.07, 6.45) is 1.42. The molecule has 6 nitrogen and oxygen atoms in total. The fourth-order valence-corrected chi connectivity index (χ4v) is 2.27. The summed E-state index contributed by atoms with van der Waals surface area (Å²) in [5.41, 5.74) is 2.67. The molecule has 1 rings (SSSR count). The molecule has 1 heterocycles. The number of methoxy groups -OCH3 is 1. The van der Waals surface area contributed by atoms with Crippen LogP contribution in [0.25, 0.3) is 6.08 Å². The number of esters is 2. The van der Waals surface area contributed by atoms with Gasteiger partial charge in [0.1, 0.15) is 11.6 Å². The minimum atomic E-state index is -1.06. The standard InChI is InChI=1S/C17H22N2O4/c1-6-7-19-11(2)8-14(12(19)3)9-15(10-18)17(21)23-13(4)16(20)22-5/h8-9,13H,6-7H2,1-5H3/b15-9+/t13-/m1/s1. The first-order chi connectivity index (χ1) is 10.8. The smallest absolute Gasteiger partial charge is 0.349 e. The number of aryl methyl sites for hydroxylation is 1. The lowest BCUT2D eigenvalue weighted by atomic mass is 10.1. The molecule has 0 saturated heterocycles. The number of nitriles is 1. The second-order valence-electron chi connectivity index (χ2n) is 5.22. The van der Waals surface area contributed by atoms with E-state index in [2.05, 4.69) is 16.2 Å². The van der Waals surface area contributed by atoms with Crippen LogP contribution in [0.2, 0.25) is 0 Å². The molecule has 124 valence electrons. The first-order valence-electron chi connectivity index (χ1n) is 7.43. The predicted molar refractivity (Wildman–Crippen MR) is 85.4 cm³/mol.